The molecule has 1 nitrogen and oxygen atoms in total. The fourth-order valence-corrected chi connectivity index (χ4v) is 3.38. The summed E-state index contributed by atoms with van der Waals surface area (Å²) in [6.45, 7) is 6.56. The van der Waals surface area contributed by atoms with Crippen molar-refractivity contribution in [2.75, 3.05) is 7.05 Å². The molecule has 0 saturated heterocycles. The largest absolute Gasteiger partial charge is 0.309 e. The molecule has 0 spiro atoms. The minimum absolute atomic E-state index is 0.260. The molecule has 0 bridgehead atoms. The van der Waals surface area contributed by atoms with Gasteiger partial charge in [-0.3, -0.25) is 0 Å². The van der Waals surface area contributed by atoms with Crippen molar-refractivity contribution in [2.24, 2.45) is 0 Å². The second kappa shape index (κ2) is 6.06. The average Bonchev–Trinajstić information content (AvgIpc) is 2.33. The highest BCUT2D eigenvalue weighted by atomic mass is 127. The highest BCUT2D eigenvalue weighted by Crippen LogP contribution is 2.29. The van der Waals surface area contributed by atoms with Gasteiger partial charge in [0.1, 0.15) is 0 Å². The Bertz CT molecular complexity index is 567. The smallest absolute Gasteiger partial charge is 0.0579 e. The van der Waals surface area contributed by atoms with Crippen LogP contribution in [-0.4, -0.2) is 7.05 Å². The van der Waals surface area contributed by atoms with Gasteiger partial charge in [0, 0.05) is 3.57 Å². The van der Waals surface area contributed by atoms with Gasteiger partial charge in [-0.25, -0.2) is 0 Å². The molecule has 0 saturated carbocycles. The van der Waals surface area contributed by atoms with E-state index in [0.29, 0.717) is 0 Å². The van der Waals surface area contributed by atoms with Crippen LogP contribution in [0.4, 0.5) is 0 Å². The van der Waals surface area contributed by atoms with E-state index < -0.39 is 0 Å². The van der Waals surface area contributed by atoms with Crippen LogP contribution in [0, 0.1) is 24.3 Å². The summed E-state index contributed by atoms with van der Waals surface area (Å²) >= 11 is 2.37. The van der Waals surface area contributed by atoms with Gasteiger partial charge in [-0.1, -0.05) is 29.8 Å². The summed E-state index contributed by atoms with van der Waals surface area (Å²) in [5, 5.41) is 3.46. The highest BCUT2D eigenvalue weighted by Gasteiger charge is 2.17. The minimum atomic E-state index is 0.260. The Hall–Kier alpha value is -0.870. The molecule has 0 fully saturated rings. The number of hydrogen-bond donors (Lipinski definition) is 1. The van der Waals surface area contributed by atoms with Crippen LogP contribution in [0.5, 0.6) is 0 Å². The molecule has 2 aromatic carbocycles. The highest BCUT2D eigenvalue weighted by molar-refractivity contribution is 14.1. The van der Waals surface area contributed by atoms with Crippen LogP contribution in [0.3, 0.4) is 0 Å². The fourth-order valence-electron chi connectivity index (χ4n) is 2.81. The van der Waals surface area contributed by atoms with Crippen LogP contribution in [0.1, 0.15) is 33.9 Å². The quantitative estimate of drug-likeness (QED) is 0.789. The van der Waals surface area contributed by atoms with Crippen molar-refractivity contribution in [3.8, 4) is 0 Å². The van der Waals surface area contributed by atoms with E-state index in [9.17, 15) is 0 Å². The molecule has 1 unspecified atom stereocenters. The van der Waals surface area contributed by atoms with Crippen molar-refractivity contribution in [2.45, 2.75) is 26.8 Å². The molecule has 2 aromatic rings. The van der Waals surface area contributed by atoms with E-state index in [4.69, 9.17) is 0 Å². The van der Waals surface area contributed by atoms with Gasteiger partial charge in [-0.2, -0.15) is 0 Å². The summed E-state index contributed by atoms with van der Waals surface area (Å²) in [5.74, 6) is 0. The van der Waals surface area contributed by atoms with Crippen LogP contribution in [0.2, 0.25) is 0 Å². The van der Waals surface area contributed by atoms with Crippen LogP contribution in [0.15, 0.2) is 36.4 Å². The van der Waals surface area contributed by atoms with E-state index in [-0.39, 0.29) is 6.04 Å². The maximum absolute atomic E-state index is 3.46. The van der Waals surface area contributed by atoms with Crippen LogP contribution >= 0.6 is 22.6 Å². The Labute approximate surface area is 129 Å². The number of hydrogen-bond acceptors (Lipinski definition) is 1. The lowest BCUT2D eigenvalue weighted by atomic mass is 9.90. The summed E-state index contributed by atoms with van der Waals surface area (Å²) in [6, 6.07) is 13.5. The van der Waals surface area contributed by atoms with E-state index in [0.717, 1.165) is 0 Å². The molecule has 2 heteroatoms. The second-order valence-corrected chi connectivity index (χ2v) is 6.33. The van der Waals surface area contributed by atoms with E-state index in [1.807, 2.05) is 7.05 Å². The van der Waals surface area contributed by atoms with E-state index >= 15 is 0 Å². The van der Waals surface area contributed by atoms with Gasteiger partial charge in [-0.15, -0.1) is 0 Å². The minimum Gasteiger partial charge on any atom is -0.309 e. The lowest BCUT2D eigenvalue weighted by Gasteiger charge is -2.22. The molecule has 0 aliphatic heterocycles. The molecule has 1 atom stereocenters. The van der Waals surface area contributed by atoms with Crippen molar-refractivity contribution < 1.29 is 0 Å². The Balaban J connectivity index is 2.54. The van der Waals surface area contributed by atoms with Crippen molar-refractivity contribution >= 4 is 22.6 Å². The molecular formula is C17H20IN. The van der Waals surface area contributed by atoms with Gasteiger partial charge >= 0.3 is 0 Å². The van der Waals surface area contributed by atoms with E-state index in [2.05, 4.69) is 85.1 Å². The van der Waals surface area contributed by atoms with Gasteiger partial charge in [0.2, 0.25) is 0 Å². The number of benzene rings is 2. The normalized spacial score (nSPS) is 12.5. The van der Waals surface area contributed by atoms with Crippen LogP contribution in [-0.2, 0) is 0 Å². The maximum atomic E-state index is 3.46. The molecule has 2 rings (SSSR count). The van der Waals surface area contributed by atoms with E-state index in [1.54, 1.807) is 0 Å². The molecule has 100 valence electrons. The summed E-state index contributed by atoms with van der Waals surface area (Å²) in [6.07, 6.45) is 0. The van der Waals surface area contributed by atoms with Crippen molar-refractivity contribution in [3.63, 3.8) is 0 Å². The average molecular weight is 365 g/mol. The Morgan fingerprint density at radius 1 is 1.00 bits per heavy atom. The summed E-state index contributed by atoms with van der Waals surface area (Å²) in [7, 11) is 2.03. The molecule has 0 aliphatic rings. The van der Waals surface area contributed by atoms with Gasteiger partial charge in [0.25, 0.3) is 0 Å². The third-order valence-corrected chi connectivity index (χ3v) is 4.17. The lowest BCUT2D eigenvalue weighted by Crippen LogP contribution is -2.20. The first-order valence-corrected chi connectivity index (χ1v) is 7.61. The maximum Gasteiger partial charge on any atom is 0.0579 e. The third-order valence-electron chi connectivity index (χ3n) is 3.50. The summed E-state index contributed by atoms with van der Waals surface area (Å²) in [5.41, 5.74) is 6.77. The van der Waals surface area contributed by atoms with Gasteiger partial charge in [-0.05, 0) is 84.8 Å². The summed E-state index contributed by atoms with van der Waals surface area (Å²) in [4.78, 5) is 0. The fraction of sp³-hybridized carbons (Fsp3) is 0.294. The first kappa shape index (κ1) is 14.5. The Morgan fingerprint density at radius 3 is 2.16 bits per heavy atom. The molecule has 0 heterocycles. The Kier molecular flexibility index (Phi) is 4.63. The topological polar surface area (TPSA) is 12.0 Å². The number of aryl methyl sites for hydroxylation is 3. The van der Waals surface area contributed by atoms with E-state index in [1.165, 1.54) is 31.4 Å². The molecular weight excluding hydrogens is 345 g/mol. The summed E-state index contributed by atoms with van der Waals surface area (Å²) < 4.78 is 1.28. The number of nitrogens with one attached hydrogen (secondary N) is 1. The van der Waals surface area contributed by atoms with Gasteiger partial charge in [0.15, 0.2) is 0 Å². The zero-order valence-corrected chi connectivity index (χ0v) is 14.1. The second-order valence-electron chi connectivity index (χ2n) is 5.09. The predicted octanol–water partition coefficient (Wildman–Crippen LogP) is 4.53. The zero-order valence-electron chi connectivity index (χ0n) is 11.9. The first-order valence-electron chi connectivity index (χ1n) is 6.53. The van der Waals surface area contributed by atoms with Crippen LogP contribution in [0.25, 0.3) is 0 Å². The molecule has 0 aliphatic carbocycles. The SMILES string of the molecule is CNC(c1cccc(I)c1)c1c(C)cc(C)cc1C. The molecule has 0 aromatic heterocycles. The van der Waals surface area contributed by atoms with Gasteiger partial charge in [0.05, 0.1) is 6.04 Å². The third kappa shape index (κ3) is 3.18. The number of rotatable bonds is 3. The monoisotopic (exact) mass is 365 g/mol. The molecule has 1 N–H and O–H groups in total. The molecule has 0 radical (unpaired) electrons. The van der Waals surface area contributed by atoms with Gasteiger partial charge < -0.3 is 5.32 Å². The van der Waals surface area contributed by atoms with Crippen molar-refractivity contribution in [3.05, 3.63) is 67.8 Å². The standard InChI is InChI=1S/C17H20IN/c1-11-8-12(2)16(13(3)9-11)17(19-4)14-6-5-7-15(18)10-14/h5-10,17,19H,1-4H3. The molecule has 19 heavy (non-hydrogen) atoms. The van der Waals surface area contributed by atoms with Crippen molar-refractivity contribution in [1.82, 2.24) is 5.32 Å². The Morgan fingerprint density at radius 2 is 1.63 bits per heavy atom. The number of halogens is 1. The lowest BCUT2D eigenvalue weighted by molar-refractivity contribution is 0.682. The van der Waals surface area contributed by atoms with Crippen molar-refractivity contribution in [1.29, 1.82) is 0 Å². The first-order chi connectivity index (χ1) is 9.02. The predicted molar refractivity (Wildman–Crippen MR) is 90.7 cm³/mol. The molecule has 0 amide bonds. The zero-order chi connectivity index (χ0) is 14.0. The van der Waals surface area contributed by atoms with Crippen LogP contribution < -0.4 is 5.32 Å².